The Labute approximate surface area is 105 Å². The Morgan fingerprint density at radius 1 is 0.824 bits per heavy atom. The molecule has 0 bridgehead atoms. The highest BCUT2D eigenvalue weighted by molar-refractivity contribution is 5.79. The Morgan fingerprint density at radius 2 is 1.47 bits per heavy atom. The van der Waals surface area contributed by atoms with E-state index in [-0.39, 0.29) is 5.78 Å². The third-order valence-corrected chi connectivity index (χ3v) is 3.18. The van der Waals surface area contributed by atoms with Gasteiger partial charge in [0.25, 0.3) is 0 Å². The summed E-state index contributed by atoms with van der Waals surface area (Å²) in [5.41, 5.74) is 0. The van der Waals surface area contributed by atoms with E-state index >= 15 is 0 Å². The minimum Gasteiger partial charge on any atom is -0.374 e. The number of carbonyl (C=O) groups excluding carboxylic acids is 1. The maximum atomic E-state index is 11.4. The molecule has 0 radical (unpaired) electrons. The Bertz CT molecular complexity index is 221. The lowest BCUT2D eigenvalue weighted by atomic mass is 10.1. The van der Waals surface area contributed by atoms with Gasteiger partial charge in [-0.2, -0.15) is 0 Å². The van der Waals surface area contributed by atoms with E-state index in [1.807, 2.05) is 0 Å². The van der Waals surface area contributed by atoms with Crippen LogP contribution in [0, 0.1) is 0 Å². The molecule has 0 saturated heterocycles. The Kier molecular flexibility index (Phi) is 8.93. The fourth-order valence-corrected chi connectivity index (χ4v) is 2.09. The van der Waals surface area contributed by atoms with Crippen molar-refractivity contribution in [3.8, 4) is 0 Å². The number of Topliss-reactive ketones (excluding diaryl/α,β-unsaturated/α-hetero) is 1. The zero-order chi connectivity index (χ0) is 12.2. The molecule has 0 fully saturated rings. The van der Waals surface area contributed by atoms with Crippen LogP contribution < -0.4 is 0 Å². The number of ether oxygens (including phenoxy) is 1. The predicted octanol–water partition coefficient (Wildman–Crippen LogP) is 4.04. The van der Waals surface area contributed by atoms with E-state index in [0.717, 1.165) is 19.4 Å². The summed E-state index contributed by atoms with van der Waals surface area (Å²) in [7, 11) is 0. The summed E-state index contributed by atoms with van der Waals surface area (Å²) in [6.07, 6.45) is 16.1. The first-order valence-electron chi connectivity index (χ1n) is 7.14. The summed E-state index contributed by atoms with van der Waals surface area (Å²) in [5, 5.41) is 0. The van der Waals surface area contributed by atoms with Gasteiger partial charge in [0.15, 0.2) is 5.78 Å². The first kappa shape index (κ1) is 14.4. The molecule has 1 aliphatic rings. The van der Waals surface area contributed by atoms with Gasteiger partial charge in [-0.05, 0) is 25.7 Å². The Hall–Kier alpha value is -0.630. The third kappa shape index (κ3) is 9.11. The van der Waals surface area contributed by atoms with Crippen LogP contribution in [0.1, 0.15) is 64.2 Å². The highest BCUT2D eigenvalue weighted by Crippen LogP contribution is 2.09. The number of hydrogen-bond donors (Lipinski definition) is 0. The molecule has 0 aromatic carbocycles. The number of ketones is 1. The van der Waals surface area contributed by atoms with Crippen molar-refractivity contribution < 1.29 is 9.53 Å². The normalized spacial score (nSPS) is 24.4. The second-order valence-corrected chi connectivity index (χ2v) is 4.86. The van der Waals surface area contributed by atoms with Gasteiger partial charge < -0.3 is 4.74 Å². The van der Waals surface area contributed by atoms with Gasteiger partial charge in [-0.25, -0.2) is 0 Å². The second kappa shape index (κ2) is 10.5. The lowest BCUT2D eigenvalue weighted by Crippen LogP contribution is -2.08. The Balaban J connectivity index is 2.19. The predicted molar refractivity (Wildman–Crippen MR) is 71.1 cm³/mol. The van der Waals surface area contributed by atoms with Crippen LogP contribution in [0.5, 0.6) is 0 Å². The van der Waals surface area contributed by atoms with Crippen LogP contribution in [0.15, 0.2) is 12.2 Å². The van der Waals surface area contributed by atoms with Crippen molar-refractivity contribution in [2.45, 2.75) is 64.2 Å². The molecule has 1 heterocycles. The lowest BCUT2D eigenvalue weighted by molar-refractivity contribution is -0.123. The molecule has 2 nitrogen and oxygen atoms in total. The fourth-order valence-electron chi connectivity index (χ4n) is 2.09. The van der Waals surface area contributed by atoms with Crippen LogP contribution in [-0.2, 0) is 9.53 Å². The highest BCUT2D eigenvalue weighted by atomic mass is 16.5. The molecule has 0 spiro atoms. The molecule has 17 heavy (non-hydrogen) atoms. The first-order valence-corrected chi connectivity index (χ1v) is 7.14. The van der Waals surface area contributed by atoms with Crippen LogP contribution >= 0.6 is 0 Å². The van der Waals surface area contributed by atoms with Crippen molar-refractivity contribution in [1.82, 2.24) is 0 Å². The molecule has 2 heteroatoms. The standard InChI is InChI=1S/C15H26O2/c16-15-12-10-8-6-4-2-1-3-5-7-9-11-13-17-14-15/h6,8H,1-5,7,9-14H2/b8-6-. The van der Waals surface area contributed by atoms with Crippen molar-refractivity contribution in [1.29, 1.82) is 0 Å². The van der Waals surface area contributed by atoms with Gasteiger partial charge in [-0.1, -0.05) is 44.3 Å². The summed E-state index contributed by atoms with van der Waals surface area (Å²) in [4.78, 5) is 11.4. The van der Waals surface area contributed by atoms with E-state index in [9.17, 15) is 4.79 Å². The number of rotatable bonds is 0. The molecule has 0 aromatic rings. The van der Waals surface area contributed by atoms with Crippen molar-refractivity contribution in [2.24, 2.45) is 0 Å². The van der Waals surface area contributed by atoms with Gasteiger partial charge in [0.1, 0.15) is 6.61 Å². The summed E-state index contributed by atoms with van der Waals surface area (Å²) in [6.45, 7) is 1.06. The molecule has 0 N–H and O–H groups in total. The molecule has 0 atom stereocenters. The minimum atomic E-state index is 0.238. The average molecular weight is 238 g/mol. The zero-order valence-corrected chi connectivity index (χ0v) is 11.0. The van der Waals surface area contributed by atoms with E-state index < -0.39 is 0 Å². The van der Waals surface area contributed by atoms with E-state index in [1.54, 1.807) is 0 Å². The highest BCUT2D eigenvalue weighted by Gasteiger charge is 2.00. The van der Waals surface area contributed by atoms with Crippen LogP contribution in [0.4, 0.5) is 0 Å². The molecule has 0 saturated carbocycles. The maximum Gasteiger partial charge on any atom is 0.158 e. The molecular weight excluding hydrogens is 212 g/mol. The molecule has 0 amide bonds. The number of hydrogen-bond acceptors (Lipinski definition) is 2. The second-order valence-electron chi connectivity index (χ2n) is 4.86. The fraction of sp³-hybridized carbons (Fsp3) is 0.800. The molecule has 1 aliphatic heterocycles. The van der Waals surface area contributed by atoms with Gasteiger partial charge in [0, 0.05) is 13.0 Å². The van der Waals surface area contributed by atoms with E-state index in [0.29, 0.717) is 13.0 Å². The monoisotopic (exact) mass is 238 g/mol. The van der Waals surface area contributed by atoms with Gasteiger partial charge in [0.2, 0.25) is 0 Å². The largest absolute Gasteiger partial charge is 0.374 e. The van der Waals surface area contributed by atoms with Crippen LogP contribution in [0.25, 0.3) is 0 Å². The minimum absolute atomic E-state index is 0.238. The SMILES string of the molecule is O=C1CC/C=C\CCCCCCCCCOC1. The number of allylic oxidation sites excluding steroid dienone is 2. The molecule has 98 valence electrons. The maximum absolute atomic E-state index is 11.4. The van der Waals surface area contributed by atoms with Gasteiger partial charge >= 0.3 is 0 Å². The quantitative estimate of drug-likeness (QED) is 0.595. The molecule has 0 aromatic heterocycles. The van der Waals surface area contributed by atoms with E-state index in [4.69, 9.17) is 4.74 Å². The molecule has 1 rings (SSSR count). The Morgan fingerprint density at radius 3 is 2.29 bits per heavy atom. The van der Waals surface area contributed by atoms with Crippen LogP contribution in [0.3, 0.4) is 0 Å². The number of carbonyl (C=O) groups is 1. The summed E-state index contributed by atoms with van der Waals surface area (Å²) < 4.78 is 5.37. The van der Waals surface area contributed by atoms with Gasteiger partial charge in [-0.3, -0.25) is 4.79 Å². The first-order chi connectivity index (χ1) is 8.39. The topological polar surface area (TPSA) is 26.3 Å². The van der Waals surface area contributed by atoms with Crippen molar-refractivity contribution >= 4 is 5.78 Å². The third-order valence-electron chi connectivity index (χ3n) is 3.18. The smallest absolute Gasteiger partial charge is 0.158 e. The van der Waals surface area contributed by atoms with Crippen LogP contribution in [-0.4, -0.2) is 19.0 Å². The molecule has 0 aliphatic carbocycles. The van der Waals surface area contributed by atoms with E-state index in [1.165, 1.54) is 44.9 Å². The van der Waals surface area contributed by atoms with Crippen LogP contribution in [0.2, 0.25) is 0 Å². The lowest BCUT2D eigenvalue weighted by Gasteiger charge is -2.04. The average Bonchev–Trinajstić information content (AvgIpc) is 2.32. The molecule has 0 unspecified atom stereocenters. The summed E-state index contributed by atoms with van der Waals surface area (Å²) in [6, 6.07) is 0. The summed E-state index contributed by atoms with van der Waals surface area (Å²) in [5.74, 6) is 0.238. The van der Waals surface area contributed by atoms with Crippen molar-refractivity contribution in [3.05, 3.63) is 12.2 Å². The van der Waals surface area contributed by atoms with Gasteiger partial charge in [0.05, 0.1) is 0 Å². The van der Waals surface area contributed by atoms with Gasteiger partial charge in [-0.15, -0.1) is 0 Å². The van der Waals surface area contributed by atoms with Crippen molar-refractivity contribution in [3.63, 3.8) is 0 Å². The van der Waals surface area contributed by atoms with Crippen molar-refractivity contribution in [2.75, 3.05) is 13.2 Å². The van der Waals surface area contributed by atoms with E-state index in [2.05, 4.69) is 12.2 Å². The zero-order valence-electron chi connectivity index (χ0n) is 11.0. The summed E-state index contributed by atoms with van der Waals surface area (Å²) >= 11 is 0. The molecular formula is C15H26O2.